The first-order valence-corrected chi connectivity index (χ1v) is 10.8. The Morgan fingerprint density at radius 3 is 2.18 bits per heavy atom. The maximum atomic E-state index is 12.7. The van der Waals surface area contributed by atoms with Gasteiger partial charge in [-0.1, -0.05) is 13.8 Å². The fourth-order valence-corrected chi connectivity index (χ4v) is 3.03. The van der Waals surface area contributed by atoms with Crippen molar-refractivity contribution in [2.24, 2.45) is 11.7 Å². The highest BCUT2D eigenvalue weighted by Gasteiger charge is 2.31. The predicted octanol–water partition coefficient (Wildman–Crippen LogP) is -1.73. The van der Waals surface area contributed by atoms with Gasteiger partial charge in [-0.15, -0.1) is 0 Å². The number of rotatable bonds is 14. The van der Waals surface area contributed by atoms with Crippen molar-refractivity contribution < 1.29 is 34.2 Å². The van der Waals surface area contributed by atoms with Crippen LogP contribution in [0.1, 0.15) is 32.4 Å². The van der Waals surface area contributed by atoms with Gasteiger partial charge in [-0.25, -0.2) is 9.78 Å². The third-order valence-corrected chi connectivity index (χ3v) is 5.02. The molecule has 1 aromatic heterocycles. The molecule has 4 unspecified atom stereocenters. The maximum absolute atomic E-state index is 12.7. The van der Waals surface area contributed by atoms with Gasteiger partial charge >= 0.3 is 11.9 Å². The topological polar surface area (TPSA) is 217 Å². The number of aliphatic carboxylic acids is 2. The van der Waals surface area contributed by atoms with Crippen molar-refractivity contribution in [2.75, 3.05) is 5.75 Å². The molecule has 184 valence electrons. The van der Waals surface area contributed by atoms with Gasteiger partial charge in [0.2, 0.25) is 17.7 Å². The molecule has 0 aliphatic carbocycles. The van der Waals surface area contributed by atoms with Crippen LogP contribution in [0, 0.1) is 5.92 Å². The zero-order valence-electron chi connectivity index (χ0n) is 18.3. The number of hydrogen-bond donors (Lipinski definition) is 8. The number of H-pyrrole nitrogens is 1. The average Bonchev–Trinajstić information content (AvgIpc) is 3.24. The highest BCUT2D eigenvalue weighted by atomic mass is 32.1. The lowest BCUT2D eigenvalue weighted by Crippen LogP contribution is -2.59. The Morgan fingerprint density at radius 1 is 1.06 bits per heavy atom. The highest BCUT2D eigenvalue weighted by Crippen LogP contribution is 2.06. The summed E-state index contributed by atoms with van der Waals surface area (Å²) in [6, 6.07) is -4.64. The molecule has 13 nitrogen and oxygen atoms in total. The minimum atomic E-state index is -1.44. The van der Waals surface area contributed by atoms with E-state index < -0.39 is 66.2 Å². The van der Waals surface area contributed by atoms with Crippen LogP contribution in [0.4, 0.5) is 0 Å². The number of aromatic nitrogens is 2. The lowest BCUT2D eigenvalue weighted by molar-refractivity contribution is -0.143. The molecule has 1 rings (SSSR count). The number of nitrogens with one attached hydrogen (secondary N) is 4. The van der Waals surface area contributed by atoms with Gasteiger partial charge in [-0.05, 0) is 12.3 Å². The second-order valence-corrected chi connectivity index (χ2v) is 8.06. The maximum Gasteiger partial charge on any atom is 0.326 e. The molecule has 1 heterocycles. The quantitative estimate of drug-likeness (QED) is 0.140. The third-order valence-electron chi connectivity index (χ3n) is 4.66. The van der Waals surface area contributed by atoms with E-state index in [0.29, 0.717) is 5.69 Å². The molecule has 0 fully saturated rings. The number of carbonyl (C=O) groups is 5. The minimum absolute atomic E-state index is 0.0862. The summed E-state index contributed by atoms with van der Waals surface area (Å²) in [6.07, 6.45) is 2.35. The van der Waals surface area contributed by atoms with E-state index in [1.54, 1.807) is 13.8 Å². The number of thiol groups is 1. The smallest absolute Gasteiger partial charge is 0.326 e. The van der Waals surface area contributed by atoms with Crippen LogP contribution < -0.4 is 21.7 Å². The standard InChI is InChI=1S/C19H30N6O7S/c1-9(2)15(18(30)23-12(19(31)32)3-4-14(26)27)25-17(29)13(7-33)24-16(28)11(20)5-10-6-21-8-22-10/h6,8-9,11-13,15,33H,3-5,7,20H2,1-2H3,(H,21,22)(H,23,30)(H,24,28)(H,25,29)(H,26,27)(H,31,32). The summed E-state index contributed by atoms with van der Waals surface area (Å²) in [5, 5.41) is 25.2. The molecular formula is C19H30N6O7S. The summed E-state index contributed by atoms with van der Waals surface area (Å²) in [5.74, 6) is -5.25. The van der Waals surface area contributed by atoms with Gasteiger partial charge in [0.1, 0.15) is 18.1 Å². The van der Waals surface area contributed by atoms with Crippen LogP contribution in [-0.4, -0.2) is 79.8 Å². The molecule has 0 saturated heterocycles. The van der Waals surface area contributed by atoms with Crippen molar-refractivity contribution in [1.29, 1.82) is 0 Å². The lowest BCUT2D eigenvalue weighted by Gasteiger charge is -2.26. The summed E-state index contributed by atoms with van der Waals surface area (Å²) >= 11 is 4.08. The van der Waals surface area contributed by atoms with Crippen molar-refractivity contribution in [3.63, 3.8) is 0 Å². The summed E-state index contributed by atoms with van der Waals surface area (Å²) in [6.45, 7) is 3.26. The van der Waals surface area contributed by atoms with E-state index in [9.17, 15) is 29.1 Å². The number of nitrogens with two attached hydrogens (primary N) is 1. The van der Waals surface area contributed by atoms with Crippen LogP contribution in [0.25, 0.3) is 0 Å². The number of aromatic amines is 1. The normalized spacial score (nSPS) is 14.6. The molecule has 14 heteroatoms. The Bertz CT molecular complexity index is 833. The molecule has 4 atom stereocenters. The van der Waals surface area contributed by atoms with Gasteiger partial charge in [0.05, 0.1) is 12.4 Å². The summed E-state index contributed by atoms with van der Waals surface area (Å²) in [4.78, 5) is 66.4. The molecular weight excluding hydrogens is 456 g/mol. The second kappa shape index (κ2) is 13.4. The Labute approximate surface area is 195 Å². The predicted molar refractivity (Wildman–Crippen MR) is 119 cm³/mol. The zero-order chi connectivity index (χ0) is 25.1. The van der Waals surface area contributed by atoms with E-state index in [1.165, 1.54) is 12.5 Å². The van der Waals surface area contributed by atoms with Crippen molar-refractivity contribution >= 4 is 42.3 Å². The molecule has 0 aliphatic rings. The van der Waals surface area contributed by atoms with Crippen molar-refractivity contribution in [1.82, 2.24) is 25.9 Å². The Morgan fingerprint density at radius 2 is 1.70 bits per heavy atom. The van der Waals surface area contributed by atoms with E-state index in [0.717, 1.165) is 0 Å². The van der Waals surface area contributed by atoms with Gasteiger partial charge in [0, 0.05) is 30.5 Å². The van der Waals surface area contributed by atoms with Crippen molar-refractivity contribution in [3.8, 4) is 0 Å². The molecule has 0 spiro atoms. The van der Waals surface area contributed by atoms with E-state index >= 15 is 0 Å². The monoisotopic (exact) mass is 486 g/mol. The molecule has 0 radical (unpaired) electrons. The van der Waals surface area contributed by atoms with Gasteiger partial charge in [0.15, 0.2) is 0 Å². The molecule has 33 heavy (non-hydrogen) atoms. The van der Waals surface area contributed by atoms with Crippen LogP contribution in [-0.2, 0) is 30.4 Å². The molecule has 0 aromatic carbocycles. The van der Waals surface area contributed by atoms with Gasteiger partial charge < -0.3 is 36.9 Å². The first-order valence-electron chi connectivity index (χ1n) is 10.2. The van der Waals surface area contributed by atoms with E-state index in [1.807, 2.05) is 0 Å². The Hall–Kier alpha value is -3.13. The van der Waals surface area contributed by atoms with Crippen molar-refractivity contribution in [3.05, 3.63) is 18.2 Å². The number of nitrogens with zero attached hydrogens (tertiary/aromatic N) is 1. The van der Waals surface area contributed by atoms with E-state index in [-0.39, 0.29) is 18.6 Å². The third kappa shape index (κ3) is 9.49. The number of carboxylic acid groups (broad SMARTS) is 2. The Kier molecular flexibility index (Phi) is 11.4. The van der Waals surface area contributed by atoms with Crippen LogP contribution in [0.2, 0.25) is 0 Å². The SMILES string of the molecule is CC(C)C(NC(=O)C(CS)NC(=O)C(N)Cc1cnc[nH]1)C(=O)NC(CCC(=O)O)C(=O)O. The number of amides is 3. The molecule has 8 N–H and O–H groups in total. The van der Waals surface area contributed by atoms with E-state index in [2.05, 4.69) is 38.5 Å². The molecule has 3 amide bonds. The second-order valence-electron chi connectivity index (χ2n) is 7.69. The number of hydrogen-bond acceptors (Lipinski definition) is 8. The van der Waals surface area contributed by atoms with Crippen molar-refractivity contribution in [2.45, 2.75) is 57.3 Å². The van der Waals surface area contributed by atoms with Crippen LogP contribution in [0.3, 0.4) is 0 Å². The fraction of sp³-hybridized carbons (Fsp3) is 0.579. The van der Waals surface area contributed by atoms with Crippen LogP contribution >= 0.6 is 12.6 Å². The number of imidazole rings is 1. The largest absolute Gasteiger partial charge is 0.481 e. The summed E-state index contributed by atoms with van der Waals surface area (Å²) in [5.41, 5.74) is 6.50. The average molecular weight is 487 g/mol. The van der Waals surface area contributed by atoms with Gasteiger partial charge in [0.25, 0.3) is 0 Å². The molecule has 0 saturated carbocycles. The number of carboxylic acids is 2. The van der Waals surface area contributed by atoms with Crippen LogP contribution in [0.5, 0.6) is 0 Å². The summed E-state index contributed by atoms with van der Waals surface area (Å²) < 4.78 is 0. The first-order chi connectivity index (χ1) is 15.5. The fourth-order valence-electron chi connectivity index (χ4n) is 2.77. The number of carbonyl (C=O) groups excluding carboxylic acids is 3. The summed E-state index contributed by atoms with van der Waals surface area (Å²) in [7, 11) is 0. The molecule has 0 aliphatic heterocycles. The minimum Gasteiger partial charge on any atom is -0.481 e. The first kappa shape index (κ1) is 27.9. The lowest BCUT2D eigenvalue weighted by atomic mass is 10.0. The zero-order valence-corrected chi connectivity index (χ0v) is 19.2. The molecule has 1 aromatic rings. The van der Waals surface area contributed by atoms with Gasteiger partial charge in [-0.2, -0.15) is 12.6 Å². The van der Waals surface area contributed by atoms with Gasteiger partial charge in [-0.3, -0.25) is 19.2 Å². The highest BCUT2D eigenvalue weighted by molar-refractivity contribution is 7.80. The molecule has 0 bridgehead atoms. The Balaban J connectivity index is 2.77. The van der Waals surface area contributed by atoms with Crippen LogP contribution in [0.15, 0.2) is 12.5 Å². The van der Waals surface area contributed by atoms with E-state index in [4.69, 9.17) is 10.8 Å².